The number of carboxylic acids is 1. The fourth-order valence-electron chi connectivity index (χ4n) is 4.32. The van der Waals surface area contributed by atoms with Crippen molar-refractivity contribution in [3.63, 3.8) is 0 Å². The third-order valence-corrected chi connectivity index (χ3v) is 6.01. The Hall–Kier alpha value is -3.42. The third-order valence-electron chi connectivity index (χ3n) is 6.01. The van der Waals surface area contributed by atoms with Gasteiger partial charge in [-0.15, -0.1) is 0 Å². The molecule has 0 fully saturated rings. The Balaban J connectivity index is 1.84. The standard InChI is InChI=1S/C27H32N2O5/c1-18-25(21-11-7-4-8-12-21)26(27(34)28-17-20-9-5-3-6-10-20)19(2)29(18)14-13-22(30)15-23(31)16-24(32)33/h3-12,22-23,30-31H,13-17H2,1-2H3,(H,28,34)(H,32,33)/t22-,23-/m1/s1. The number of nitrogens with one attached hydrogen (secondary N) is 1. The molecule has 7 heteroatoms. The summed E-state index contributed by atoms with van der Waals surface area (Å²) < 4.78 is 2.01. The van der Waals surface area contributed by atoms with E-state index in [1.54, 1.807) is 0 Å². The number of amides is 1. The maximum absolute atomic E-state index is 13.3. The van der Waals surface area contributed by atoms with Crippen LogP contribution in [0.5, 0.6) is 0 Å². The number of aliphatic hydroxyl groups is 2. The number of hydrogen-bond acceptors (Lipinski definition) is 4. The van der Waals surface area contributed by atoms with Gasteiger partial charge in [0.05, 0.1) is 24.2 Å². The lowest BCUT2D eigenvalue weighted by atomic mass is 10.00. The summed E-state index contributed by atoms with van der Waals surface area (Å²) in [5, 5.41) is 32.0. The fourth-order valence-corrected chi connectivity index (χ4v) is 4.32. The Morgan fingerprint density at radius 1 is 0.912 bits per heavy atom. The Morgan fingerprint density at radius 2 is 1.53 bits per heavy atom. The first kappa shape index (κ1) is 25.2. The first-order valence-electron chi connectivity index (χ1n) is 11.4. The summed E-state index contributed by atoms with van der Waals surface area (Å²) in [5.74, 6) is -1.27. The zero-order valence-corrected chi connectivity index (χ0v) is 19.6. The van der Waals surface area contributed by atoms with Crippen molar-refractivity contribution >= 4 is 11.9 Å². The lowest BCUT2D eigenvalue weighted by Gasteiger charge is -2.16. The van der Waals surface area contributed by atoms with E-state index in [0.717, 1.165) is 28.1 Å². The number of aromatic nitrogens is 1. The van der Waals surface area contributed by atoms with E-state index >= 15 is 0 Å². The second-order valence-electron chi connectivity index (χ2n) is 8.54. The third kappa shape index (κ3) is 6.34. The predicted octanol–water partition coefficient (Wildman–Crippen LogP) is 3.68. The van der Waals surface area contributed by atoms with Crippen molar-refractivity contribution in [1.82, 2.24) is 9.88 Å². The molecule has 3 aromatic rings. The van der Waals surface area contributed by atoms with E-state index in [2.05, 4.69) is 5.32 Å². The fraction of sp³-hybridized carbons (Fsp3) is 0.333. The molecule has 0 saturated carbocycles. The topological polar surface area (TPSA) is 112 Å². The highest BCUT2D eigenvalue weighted by atomic mass is 16.4. The number of aliphatic hydroxyl groups excluding tert-OH is 2. The minimum atomic E-state index is -1.10. The number of carbonyl (C=O) groups is 2. The highest BCUT2D eigenvalue weighted by Crippen LogP contribution is 2.33. The van der Waals surface area contributed by atoms with Crippen molar-refractivity contribution in [2.75, 3.05) is 0 Å². The van der Waals surface area contributed by atoms with Crippen LogP contribution in [0.3, 0.4) is 0 Å². The number of hydrogen-bond donors (Lipinski definition) is 4. The molecule has 0 spiro atoms. The molecular weight excluding hydrogens is 432 g/mol. The molecule has 0 saturated heterocycles. The molecule has 180 valence electrons. The summed E-state index contributed by atoms with van der Waals surface area (Å²) in [7, 11) is 0. The van der Waals surface area contributed by atoms with Gasteiger partial charge in [0.1, 0.15) is 0 Å². The van der Waals surface area contributed by atoms with Gasteiger partial charge in [-0.1, -0.05) is 60.7 Å². The van der Waals surface area contributed by atoms with E-state index < -0.39 is 24.6 Å². The Bertz CT molecular complexity index is 1110. The van der Waals surface area contributed by atoms with E-state index in [0.29, 0.717) is 25.1 Å². The maximum Gasteiger partial charge on any atom is 0.305 e. The summed E-state index contributed by atoms with van der Waals surface area (Å²) in [6, 6.07) is 19.4. The van der Waals surface area contributed by atoms with Gasteiger partial charge in [-0.2, -0.15) is 0 Å². The summed E-state index contributed by atoms with van der Waals surface area (Å²) in [4.78, 5) is 24.1. The molecule has 0 aliphatic heterocycles. The molecule has 2 atom stereocenters. The quantitative estimate of drug-likeness (QED) is 0.346. The molecule has 2 aromatic carbocycles. The summed E-state index contributed by atoms with van der Waals surface area (Å²) >= 11 is 0. The van der Waals surface area contributed by atoms with Crippen molar-refractivity contribution in [3.05, 3.63) is 83.2 Å². The number of nitrogens with zero attached hydrogens (tertiary/aromatic N) is 1. The Labute approximate surface area is 199 Å². The zero-order chi connectivity index (χ0) is 24.7. The van der Waals surface area contributed by atoms with Crippen molar-refractivity contribution < 1.29 is 24.9 Å². The highest BCUT2D eigenvalue weighted by molar-refractivity contribution is 6.03. The first-order chi connectivity index (χ1) is 16.3. The van der Waals surface area contributed by atoms with Gasteiger partial charge in [-0.25, -0.2) is 0 Å². The van der Waals surface area contributed by atoms with Crippen LogP contribution in [0.2, 0.25) is 0 Å². The molecular formula is C27H32N2O5. The van der Waals surface area contributed by atoms with Crippen LogP contribution in [0, 0.1) is 13.8 Å². The molecule has 0 aliphatic carbocycles. The monoisotopic (exact) mass is 464 g/mol. The van der Waals surface area contributed by atoms with Crippen molar-refractivity contribution in [2.24, 2.45) is 0 Å². The second-order valence-corrected chi connectivity index (χ2v) is 8.54. The molecule has 0 radical (unpaired) electrons. The van der Waals surface area contributed by atoms with Crippen LogP contribution in [-0.4, -0.2) is 44.0 Å². The van der Waals surface area contributed by atoms with E-state index in [4.69, 9.17) is 5.11 Å². The highest BCUT2D eigenvalue weighted by Gasteiger charge is 2.24. The Kier molecular flexibility index (Phi) is 8.62. The zero-order valence-electron chi connectivity index (χ0n) is 19.6. The molecule has 3 rings (SSSR count). The minimum absolute atomic E-state index is 0.0123. The van der Waals surface area contributed by atoms with E-state index in [1.165, 1.54) is 0 Å². The molecule has 34 heavy (non-hydrogen) atoms. The van der Waals surface area contributed by atoms with Crippen LogP contribution in [0.25, 0.3) is 11.1 Å². The summed E-state index contributed by atoms with van der Waals surface area (Å²) in [6.45, 7) is 4.69. The SMILES string of the molecule is Cc1c(C(=O)NCc2ccccc2)c(-c2ccccc2)c(C)n1CC[C@@H](O)C[C@@H](O)CC(=O)O. The lowest BCUT2D eigenvalue weighted by molar-refractivity contribution is -0.139. The van der Waals surface area contributed by atoms with E-state index in [1.807, 2.05) is 79.1 Å². The van der Waals surface area contributed by atoms with Crippen LogP contribution < -0.4 is 5.32 Å². The minimum Gasteiger partial charge on any atom is -0.481 e. The molecule has 0 aliphatic rings. The van der Waals surface area contributed by atoms with Crippen LogP contribution in [0.4, 0.5) is 0 Å². The van der Waals surface area contributed by atoms with Gasteiger partial charge in [0.25, 0.3) is 5.91 Å². The average molecular weight is 465 g/mol. The van der Waals surface area contributed by atoms with Gasteiger partial charge >= 0.3 is 5.97 Å². The molecule has 0 unspecified atom stereocenters. The lowest BCUT2D eigenvalue weighted by Crippen LogP contribution is -2.24. The molecule has 1 amide bonds. The van der Waals surface area contributed by atoms with Crippen LogP contribution >= 0.6 is 0 Å². The molecule has 4 N–H and O–H groups in total. The molecule has 0 bridgehead atoms. The van der Waals surface area contributed by atoms with Crippen LogP contribution in [0.15, 0.2) is 60.7 Å². The van der Waals surface area contributed by atoms with Crippen molar-refractivity contribution in [2.45, 2.75) is 58.4 Å². The van der Waals surface area contributed by atoms with Gasteiger partial charge in [0, 0.05) is 30.0 Å². The summed E-state index contributed by atoms with van der Waals surface area (Å²) in [6.07, 6.45) is -2.04. The largest absolute Gasteiger partial charge is 0.481 e. The Morgan fingerprint density at radius 3 is 2.15 bits per heavy atom. The number of carbonyl (C=O) groups excluding carboxylic acids is 1. The average Bonchev–Trinajstić information content (AvgIpc) is 3.06. The number of aliphatic carboxylic acids is 1. The van der Waals surface area contributed by atoms with Crippen molar-refractivity contribution in [3.8, 4) is 11.1 Å². The van der Waals surface area contributed by atoms with Gasteiger partial charge < -0.3 is 25.2 Å². The normalized spacial score (nSPS) is 12.8. The van der Waals surface area contributed by atoms with Crippen molar-refractivity contribution in [1.29, 1.82) is 0 Å². The van der Waals surface area contributed by atoms with E-state index in [-0.39, 0.29) is 12.3 Å². The molecule has 1 heterocycles. The number of carboxylic acid groups (broad SMARTS) is 1. The number of rotatable bonds is 11. The van der Waals surface area contributed by atoms with Crippen LogP contribution in [0.1, 0.15) is 46.6 Å². The van der Waals surface area contributed by atoms with Gasteiger partial charge in [0.2, 0.25) is 0 Å². The van der Waals surface area contributed by atoms with Gasteiger partial charge in [-0.05, 0) is 37.8 Å². The molecule has 1 aromatic heterocycles. The smallest absolute Gasteiger partial charge is 0.305 e. The molecule has 7 nitrogen and oxygen atoms in total. The summed E-state index contributed by atoms with van der Waals surface area (Å²) in [5.41, 5.74) is 5.09. The maximum atomic E-state index is 13.3. The first-order valence-corrected chi connectivity index (χ1v) is 11.4. The van der Waals surface area contributed by atoms with E-state index in [9.17, 15) is 19.8 Å². The van der Waals surface area contributed by atoms with Gasteiger partial charge in [0.15, 0.2) is 0 Å². The second kappa shape index (κ2) is 11.6. The predicted molar refractivity (Wildman–Crippen MR) is 130 cm³/mol. The van der Waals surface area contributed by atoms with Gasteiger partial charge in [-0.3, -0.25) is 9.59 Å². The number of benzene rings is 2. The van der Waals surface area contributed by atoms with Crippen LogP contribution in [-0.2, 0) is 17.9 Å².